The first-order valence-corrected chi connectivity index (χ1v) is 7.19. The van der Waals surface area contributed by atoms with Crippen LogP contribution < -0.4 is 5.73 Å². The summed E-state index contributed by atoms with van der Waals surface area (Å²) >= 11 is 2.03. The first-order chi connectivity index (χ1) is 7.50. The van der Waals surface area contributed by atoms with Crippen molar-refractivity contribution in [2.75, 3.05) is 32.5 Å². The first kappa shape index (κ1) is 14.3. The van der Waals surface area contributed by atoms with Crippen molar-refractivity contribution >= 4 is 11.8 Å². The lowest BCUT2D eigenvalue weighted by atomic mass is 9.94. The number of ether oxygens (including phenoxy) is 1. The molecule has 1 aliphatic heterocycles. The highest BCUT2D eigenvalue weighted by Gasteiger charge is 2.39. The Morgan fingerprint density at radius 3 is 2.69 bits per heavy atom. The van der Waals surface area contributed by atoms with Gasteiger partial charge in [-0.25, -0.2) is 0 Å². The van der Waals surface area contributed by atoms with Crippen molar-refractivity contribution in [3.05, 3.63) is 0 Å². The molecule has 1 heterocycles. The molecule has 1 rings (SSSR count). The second kappa shape index (κ2) is 6.24. The molecule has 2 N–H and O–H groups in total. The normalized spacial score (nSPS) is 30.6. The zero-order valence-corrected chi connectivity index (χ0v) is 11.8. The maximum absolute atomic E-state index is 5.97. The Bertz CT molecular complexity index is 213. The molecule has 0 amide bonds. The smallest absolute Gasteiger partial charge is 0.0597 e. The molecule has 0 saturated carbocycles. The van der Waals surface area contributed by atoms with Gasteiger partial charge in [0.25, 0.3) is 0 Å². The van der Waals surface area contributed by atoms with E-state index in [1.807, 2.05) is 11.8 Å². The van der Waals surface area contributed by atoms with Crippen LogP contribution in [0.2, 0.25) is 0 Å². The molecule has 96 valence electrons. The average Bonchev–Trinajstić information content (AvgIpc) is 2.60. The van der Waals surface area contributed by atoms with E-state index in [1.54, 1.807) is 0 Å². The summed E-state index contributed by atoms with van der Waals surface area (Å²) in [4.78, 5) is 2.39. The first-order valence-electron chi connectivity index (χ1n) is 6.15. The van der Waals surface area contributed by atoms with Crippen LogP contribution in [0.15, 0.2) is 0 Å². The Hall–Kier alpha value is 0.230. The Balaban J connectivity index is 2.41. The third kappa shape index (κ3) is 3.62. The van der Waals surface area contributed by atoms with Crippen LogP contribution in [-0.2, 0) is 4.74 Å². The summed E-state index contributed by atoms with van der Waals surface area (Å²) in [7, 11) is 2.18. The zero-order chi connectivity index (χ0) is 12.2. The molecule has 0 aromatic heterocycles. The van der Waals surface area contributed by atoms with Crippen molar-refractivity contribution in [2.24, 2.45) is 5.73 Å². The van der Waals surface area contributed by atoms with Crippen LogP contribution in [0, 0.1) is 0 Å². The van der Waals surface area contributed by atoms with Gasteiger partial charge in [-0.15, -0.1) is 0 Å². The molecule has 16 heavy (non-hydrogen) atoms. The molecular weight excluding hydrogens is 220 g/mol. The Morgan fingerprint density at radius 2 is 2.25 bits per heavy atom. The molecule has 4 heteroatoms. The van der Waals surface area contributed by atoms with Gasteiger partial charge in [-0.1, -0.05) is 6.92 Å². The van der Waals surface area contributed by atoms with E-state index >= 15 is 0 Å². The topological polar surface area (TPSA) is 38.5 Å². The van der Waals surface area contributed by atoms with Gasteiger partial charge < -0.3 is 10.5 Å². The van der Waals surface area contributed by atoms with Gasteiger partial charge in [0.2, 0.25) is 0 Å². The fourth-order valence-corrected chi connectivity index (χ4v) is 3.66. The van der Waals surface area contributed by atoms with Crippen LogP contribution in [0.5, 0.6) is 0 Å². The minimum absolute atomic E-state index is 0.199. The Kier molecular flexibility index (Phi) is 5.57. The van der Waals surface area contributed by atoms with Gasteiger partial charge in [0.1, 0.15) is 0 Å². The molecule has 2 unspecified atom stereocenters. The lowest BCUT2D eigenvalue weighted by Gasteiger charge is -2.37. The molecule has 1 aliphatic rings. The van der Waals surface area contributed by atoms with E-state index < -0.39 is 0 Å². The Morgan fingerprint density at radius 1 is 1.56 bits per heavy atom. The summed E-state index contributed by atoms with van der Waals surface area (Å²) in [6.07, 6.45) is 1.52. The summed E-state index contributed by atoms with van der Waals surface area (Å²) < 4.78 is 5.60. The minimum atomic E-state index is 0.199. The highest BCUT2D eigenvalue weighted by Crippen LogP contribution is 2.37. The average molecular weight is 246 g/mol. The van der Waals surface area contributed by atoms with Gasteiger partial charge in [0.05, 0.1) is 12.7 Å². The van der Waals surface area contributed by atoms with Crippen LogP contribution in [0.4, 0.5) is 0 Å². The number of likely N-dealkylation sites (N-methyl/N-ethyl adjacent to an activating group) is 1. The second-order valence-electron chi connectivity index (χ2n) is 5.10. The van der Waals surface area contributed by atoms with E-state index in [-0.39, 0.29) is 5.54 Å². The van der Waals surface area contributed by atoms with Crippen molar-refractivity contribution in [1.82, 2.24) is 4.90 Å². The van der Waals surface area contributed by atoms with E-state index in [4.69, 9.17) is 10.5 Å². The number of nitrogens with two attached hydrogens (primary N) is 1. The molecule has 0 aliphatic carbocycles. The number of nitrogens with zero attached hydrogens (tertiary/aromatic N) is 1. The maximum atomic E-state index is 5.97. The van der Waals surface area contributed by atoms with Gasteiger partial charge in [0.15, 0.2) is 0 Å². The minimum Gasteiger partial charge on any atom is -0.377 e. The van der Waals surface area contributed by atoms with Crippen molar-refractivity contribution in [1.29, 1.82) is 0 Å². The molecule has 0 radical (unpaired) electrons. The maximum Gasteiger partial charge on any atom is 0.0597 e. The van der Waals surface area contributed by atoms with Gasteiger partial charge in [-0.05, 0) is 27.3 Å². The number of hydrogen-bond donors (Lipinski definition) is 1. The standard InChI is InChI=1S/C12H26N2OS/c1-10(2)15-6-5-14(4)12(8-13)7-11(3)16-9-12/h10-11H,5-9,13H2,1-4H3. The molecule has 1 saturated heterocycles. The lowest BCUT2D eigenvalue weighted by Crippen LogP contribution is -2.53. The molecular formula is C12H26N2OS. The molecule has 3 nitrogen and oxygen atoms in total. The summed E-state index contributed by atoms with van der Waals surface area (Å²) in [6, 6.07) is 0. The molecule has 1 fully saturated rings. The van der Waals surface area contributed by atoms with E-state index in [1.165, 1.54) is 6.42 Å². The van der Waals surface area contributed by atoms with Gasteiger partial charge in [-0.3, -0.25) is 4.90 Å². The lowest BCUT2D eigenvalue weighted by molar-refractivity contribution is 0.0402. The second-order valence-corrected chi connectivity index (χ2v) is 6.52. The largest absolute Gasteiger partial charge is 0.377 e. The molecule has 2 atom stereocenters. The van der Waals surface area contributed by atoms with Crippen LogP contribution in [0.1, 0.15) is 27.2 Å². The third-order valence-corrected chi connectivity index (χ3v) is 4.81. The van der Waals surface area contributed by atoms with E-state index in [9.17, 15) is 0 Å². The monoisotopic (exact) mass is 246 g/mol. The predicted octanol–water partition coefficient (Wildman–Crippen LogP) is 1.57. The van der Waals surface area contributed by atoms with E-state index in [0.717, 1.165) is 30.7 Å². The zero-order valence-electron chi connectivity index (χ0n) is 11.0. The van der Waals surface area contributed by atoms with Crippen LogP contribution in [-0.4, -0.2) is 54.3 Å². The summed E-state index contributed by atoms with van der Waals surface area (Å²) in [5.41, 5.74) is 6.17. The fourth-order valence-electron chi connectivity index (χ4n) is 2.18. The molecule has 0 aromatic carbocycles. The summed E-state index contributed by atoms with van der Waals surface area (Å²) in [5.74, 6) is 1.16. The highest BCUT2D eigenvalue weighted by molar-refractivity contribution is 8.00. The van der Waals surface area contributed by atoms with E-state index in [2.05, 4.69) is 32.7 Å². The number of hydrogen-bond acceptors (Lipinski definition) is 4. The van der Waals surface area contributed by atoms with Gasteiger partial charge in [0, 0.05) is 29.6 Å². The van der Waals surface area contributed by atoms with E-state index in [0.29, 0.717) is 6.10 Å². The van der Waals surface area contributed by atoms with Crippen molar-refractivity contribution in [2.45, 2.75) is 44.1 Å². The fraction of sp³-hybridized carbons (Fsp3) is 1.00. The predicted molar refractivity (Wildman–Crippen MR) is 72.0 cm³/mol. The summed E-state index contributed by atoms with van der Waals surface area (Å²) in [6.45, 7) is 8.97. The number of thioether (sulfide) groups is 1. The summed E-state index contributed by atoms with van der Waals surface area (Å²) in [5, 5.41) is 0.733. The third-order valence-electron chi connectivity index (χ3n) is 3.37. The molecule has 0 aromatic rings. The molecule has 0 spiro atoms. The van der Waals surface area contributed by atoms with Crippen LogP contribution in [0.25, 0.3) is 0 Å². The van der Waals surface area contributed by atoms with Crippen molar-refractivity contribution in [3.8, 4) is 0 Å². The molecule has 0 bridgehead atoms. The van der Waals surface area contributed by atoms with Gasteiger partial charge >= 0.3 is 0 Å². The Labute approximate surface area is 104 Å². The number of rotatable bonds is 6. The van der Waals surface area contributed by atoms with Gasteiger partial charge in [-0.2, -0.15) is 11.8 Å². The van der Waals surface area contributed by atoms with Crippen molar-refractivity contribution in [3.63, 3.8) is 0 Å². The quantitative estimate of drug-likeness (QED) is 0.772. The van der Waals surface area contributed by atoms with Crippen LogP contribution in [0.3, 0.4) is 0 Å². The SMILES string of the molecule is CC(C)OCCN(C)C1(CN)CSC(C)C1. The van der Waals surface area contributed by atoms with Crippen molar-refractivity contribution < 1.29 is 4.74 Å². The van der Waals surface area contributed by atoms with Crippen LogP contribution >= 0.6 is 11.8 Å². The highest BCUT2D eigenvalue weighted by atomic mass is 32.2.